The summed E-state index contributed by atoms with van der Waals surface area (Å²) in [5.41, 5.74) is 10.7. The van der Waals surface area contributed by atoms with Crippen LogP contribution in [0, 0.1) is 6.92 Å². The van der Waals surface area contributed by atoms with Crippen molar-refractivity contribution in [1.29, 1.82) is 0 Å². The van der Waals surface area contributed by atoms with Crippen LogP contribution in [0.4, 0.5) is 5.82 Å². The van der Waals surface area contributed by atoms with E-state index in [2.05, 4.69) is 63.1 Å². The second-order valence-corrected chi connectivity index (χ2v) is 8.33. The van der Waals surface area contributed by atoms with Crippen molar-refractivity contribution < 1.29 is 4.74 Å². The Bertz CT molecular complexity index is 1050. The molecule has 1 aliphatic heterocycles. The van der Waals surface area contributed by atoms with Gasteiger partial charge in [0.2, 0.25) is 0 Å². The normalized spacial score (nSPS) is 16.0. The molecule has 3 aromatic rings. The number of likely N-dealkylation sites (N-methyl/N-ethyl adjacent to an activating group) is 1. The van der Waals surface area contributed by atoms with Crippen molar-refractivity contribution in [2.45, 2.75) is 79.3 Å². The molecule has 0 spiro atoms. The maximum absolute atomic E-state index is 6.07. The Morgan fingerprint density at radius 2 is 1.91 bits per heavy atom. The molecule has 0 fully saturated rings. The van der Waals surface area contributed by atoms with Crippen LogP contribution in [0.3, 0.4) is 0 Å². The standard InChI is InChI=1S/C23H32N6O.2C2H6/c1-5-17(13-30-4)29(3)12-15-6-8-19-16(10-15)11-20(27-19)18-7-9-21(24)28-23-22(18)25-14(2)26-23;2*1-2/h6,8,10-11,17-18,27H,5,7,9,12-13H2,1-4H3,(H2,24,28)(H,25,26);2*1-2H3. The van der Waals surface area contributed by atoms with E-state index in [4.69, 9.17) is 10.5 Å². The van der Waals surface area contributed by atoms with Crippen LogP contribution < -0.4 is 5.73 Å². The summed E-state index contributed by atoms with van der Waals surface area (Å²) in [5, 5.41) is 1.23. The number of aryl methyl sites for hydroxylation is 1. The van der Waals surface area contributed by atoms with Gasteiger partial charge < -0.3 is 20.4 Å². The maximum atomic E-state index is 6.07. The van der Waals surface area contributed by atoms with Gasteiger partial charge in [-0.1, -0.05) is 40.7 Å². The molecule has 1 aromatic carbocycles. The van der Waals surface area contributed by atoms with Crippen LogP contribution in [-0.2, 0) is 11.3 Å². The molecule has 188 valence electrons. The zero-order valence-corrected chi connectivity index (χ0v) is 22.3. The Morgan fingerprint density at radius 3 is 2.59 bits per heavy atom. The number of nitrogens with one attached hydrogen (secondary N) is 2. The summed E-state index contributed by atoms with van der Waals surface area (Å²) >= 11 is 0. The lowest BCUT2D eigenvalue weighted by molar-refractivity contribution is 0.0999. The fraction of sp³-hybridized carbons (Fsp3) is 0.556. The van der Waals surface area contributed by atoms with E-state index in [0.717, 1.165) is 55.3 Å². The lowest BCUT2D eigenvalue weighted by Gasteiger charge is -2.26. The number of methoxy groups -OCH3 is 1. The van der Waals surface area contributed by atoms with Crippen LogP contribution in [0.2, 0.25) is 0 Å². The number of benzene rings is 1. The monoisotopic (exact) mass is 468 g/mol. The Hall–Kier alpha value is -2.64. The number of imidazole rings is 1. The summed E-state index contributed by atoms with van der Waals surface area (Å²) in [6, 6.07) is 9.35. The number of nitrogens with two attached hydrogens (primary N) is 1. The molecule has 4 N–H and O–H groups in total. The number of aromatic nitrogens is 3. The number of rotatable bonds is 7. The molecule has 7 heteroatoms. The minimum atomic E-state index is 0.177. The van der Waals surface area contributed by atoms with Gasteiger partial charge in [0.05, 0.1) is 12.3 Å². The molecule has 0 amide bonds. The average Bonchev–Trinajstić information content (AvgIpc) is 3.38. The summed E-state index contributed by atoms with van der Waals surface area (Å²) in [5.74, 6) is 2.41. The van der Waals surface area contributed by atoms with Crippen LogP contribution >= 0.6 is 0 Å². The Labute approximate surface area is 205 Å². The van der Waals surface area contributed by atoms with E-state index in [-0.39, 0.29) is 5.92 Å². The molecule has 0 radical (unpaired) electrons. The van der Waals surface area contributed by atoms with Crippen LogP contribution in [0.15, 0.2) is 29.3 Å². The van der Waals surface area contributed by atoms with Gasteiger partial charge in [-0.25, -0.2) is 9.98 Å². The van der Waals surface area contributed by atoms with Crippen molar-refractivity contribution in [3.8, 4) is 0 Å². The van der Waals surface area contributed by atoms with Crippen LogP contribution in [0.1, 0.15) is 82.6 Å². The zero-order valence-electron chi connectivity index (χ0n) is 22.3. The highest BCUT2D eigenvalue weighted by Gasteiger charge is 2.25. The molecule has 2 atom stereocenters. The number of hydrogen-bond acceptors (Lipinski definition) is 5. The Kier molecular flexibility index (Phi) is 10.8. The zero-order chi connectivity index (χ0) is 25.3. The Balaban J connectivity index is 0.000000970. The van der Waals surface area contributed by atoms with Crippen molar-refractivity contribution in [3.63, 3.8) is 0 Å². The number of H-pyrrole nitrogens is 2. The van der Waals surface area contributed by atoms with E-state index in [9.17, 15) is 0 Å². The van der Waals surface area contributed by atoms with Gasteiger partial charge in [-0.15, -0.1) is 0 Å². The summed E-state index contributed by atoms with van der Waals surface area (Å²) in [6.07, 6.45) is 2.73. The minimum Gasteiger partial charge on any atom is -0.387 e. The van der Waals surface area contributed by atoms with Crippen LogP contribution in [-0.4, -0.2) is 52.5 Å². The highest BCUT2D eigenvalue weighted by molar-refractivity contribution is 5.84. The first-order valence-corrected chi connectivity index (χ1v) is 12.7. The number of amidine groups is 1. The van der Waals surface area contributed by atoms with E-state index in [1.165, 1.54) is 16.6 Å². The van der Waals surface area contributed by atoms with E-state index in [1.807, 2.05) is 34.6 Å². The van der Waals surface area contributed by atoms with Crippen molar-refractivity contribution >= 4 is 22.6 Å². The molecule has 34 heavy (non-hydrogen) atoms. The van der Waals surface area contributed by atoms with Gasteiger partial charge in [0.15, 0.2) is 5.82 Å². The van der Waals surface area contributed by atoms with E-state index >= 15 is 0 Å². The van der Waals surface area contributed by atoms with Gasteiger partial charge in [0, 0.05) is 43.2 Å². The van der Waals surface area contributed by atoms with Gasteiger partial charge in [0.25, 0.3) is 0 Å². The fourth-order valence-corrected chi connectivity index (χ4v) is 4.42. The summed E-state index contributed by atoms with van der Waals surface area (Å²) in [7, 11) is 3.93. The predicted octanol–water partition coefficient (Wildman–Crippen LogP) is 6.02. The molecular weight excluding hydrogens is 424 g/mol. The van der Waals surface area contributed by atoms with Gasteiger partial charge in [0.1, 0.15) is 11.7 Å². The lowest BCUT2D eigenvalue weighted by Crippen LogP contribution is -2.34. The van der Waals surface area contributed by atoms with Crippen molar-refractivity contribution in [3.05, 3.63) is 47.0 Å². The number of hydrogen-bond donors (Lipinski definition) is 3. The first kappa shape index (κ1) is 27.6. The summed E-state index contributed by atoms with van der Waals surface area (Å²) < 4.78 is 5.37. The second kappa shape index (κ2) is 13.3. The molecule has 1 aliphatic rings. The van der Waals surface area contributed by atoms with Crippen molar-refractivity contribution in [1.82, 2.24) is 19.9 Å². The summed E-state index contributed by atoms with van der Waals surface area (Å²) in [6.45, 7) is 13.8. The van der Waals surface area contributed by atoms with Gasteiger partial charge in [-0.05, 0) is 56.0 Å². The number of aromatic amines is 2. The summed E-state index contributed by atoms with van der Waals surface area (Å²) in [4.78, 5) is 18.4. The minimum absolute atomic E-state index is 0.177. The third kappa shape index (κ3) is 6.48. The molecule has 0 bridgehead atoms. The van der Waals surface area contributed by atoms with Gasteiger partial charge >= 0.3 is 0 Å². The Morgan fingerprint density at radius 1 is 1.18 bits per heavy atom. The van der Waals surface area contributed by atoms with Crippen molar-refractivity contribution in [2.24, 2.45) is 10.7 Å². The number of nitrogens with zero attached hydrogens (tertiary/aromatic N) is 3. The molecule has 3 heterocycles. The van der Waals surface area contributed by atoms with Crippen LogP contribution in [0.25, 0.3) is 10.9 Å². The molecule has 0 saturated heterocycles. The fourth-order valence-electron chi connectivity index (χ4n) is 4.42. The van der Waals surface area contributed by atoms with Crippen LogP contribution in [0.5, 0.6) is 0 Å². The topological polar surface area (TPSA) is 95.3 Å². The van der Waals surface area contributed by atoms with Crippen molar-refractivity contribution in [2.75, 3.05) is 20.8 Å². The molecule has 0 aliphatic carbocycles. The largest absolute Gasteiger partial charge is 0.387 e. The molecule has 7 nitrogen and oxygen atoms in total. The van der Waals surface area contributed by atoms with Gasteiger partial charge in [-0.2, -0.15) is 0 Å². The van der Waals surface area contributed by atoms with E-state index in [0.29, 0.717) is 11.9 Å². The highest BCUT2D eigenvalue weighted by atomic mass is 16.5. The second-order valence-electron chi connectivity index (χ2n) is 8.33. The van der Waals surface area contributed by atoms with E-state index < -0.39 is 0 Å². The lowest BCUT2D eigenvalue weighted by atomic mass is 9.96. The molecule has 2 unspecified atom stereocenters. The molecule has 2 aromatic heterocycles. The maximum Gasteiger partial charge on any atom is 0.175 e. The highest BCUT2D eigenvalue weighted by Crippen LogP contribution is 2.37. The predicted molar refractivity (Wildman–Crippen MR) is 144 cm³/mol. The quantitative estimate of drug-likeness (QED) is 0.395. The first-order chi connectivity index (χ1) is 16.5. The number of fused-ring (bicyclic) bond motifs is 2. The third-order valence-electron chi connectivity index (χ3n) is 6.08. The average molecular weight is 469 g/mol. The van der Waals surface area contributed by atoms with Gasteiger partial charge in [-0.3, -0.25) is 4.90 Å². The first-order valence-electron chi connectivity index (χ1n) is 12.7. The third-order valence-corrected chi connectivity index (χ3v) is 6.08. The molecule has 4 rings (SSSR count). The van der Waals surface area contributed by atoms with E-state index in [1.54, 1.807) is 7.11 Å². The molecule has 0 saturated carbocycles. The number of aliphatic imine (C=N–C) groups is 1. The smallest absolute Gasteiger partial charge is 0.175 e. The SMILES string of the molecule is CC.CC.CCC(COC)N(C)Cc1ccc2[nH]c(C3CCC(N)=Nc4nc(C)[nH]c43)cc2c1. The number of ether oxygens (including phenoxy) is 1. The molecular formula is C27H44N6O.